The molecular weight excluding hydrogens is 380 g/mol. The van der Waals surface area contributed by atoms with Crippen molar-refractivity contribution >= 4 is 16.8 Å². The molecule has 3 rings (SSSR count). The second-order valence-electron chi connectivity index (χ2n) is 7.15. The number of methoxy groups -OCH3 is 3. The number of rotatable bonds is 10. The van der Waals surface area contributed by atoms with Crippen molar-refractivity contribution in [3.8, 4) is 11.5 Å². The summed E-state index contributed by atoms with van der Waals surface area (Å²) in [6, 6.07) is 12.1. The van der Waals surface area contributed by atoms with Crippen molar-refractivity contribution in [2.75, 3.05) is 34.5 Å². The monoisotopic (exact) mass is 410 g/mol. The van der Waals surface area contributed by atoms with Gasteiger partial charge in [0.25, 0.3) is 0 Å². The van der Waals surface area contributed by atoms with E-state index in [-0.39, 0.29) is 11.8 Å². The van der Waals surface area contributed by atoms with Crippen LogP contribution in [-0.2, 0) is 16.0 Å². The Balaban J connectivity index is 2.03. The van der Waals surface area contributed by atoms with Gasteiger partial charge in [-0.05, 0) is 35.2 Å². The van der Waals surface area contributed by atoms with Crippen molar-refractivity contribution in [3.63, 3.8) is 0 Å². The minimum atomic E-state index is -0.131. The Kier molecular flexibility index (Phi) is 7.36. The number of fused-ring (bicyclic) bond motifs is 1. The Hall–Kier alpha value is -2.99. The molecule has 1 atom stereocenters. The molecule has 3 aromatic rings. The van der Waals surface area contributed by atoms with E-state index in [9.17, 15) is 4.79 Å². The van der Waals surface area contributed by atoms with E-state index in [0.717, 1.165) is 28.5 Å². The molecule has 6 nitrogen and oxygen atoms in total. The second kappa shape index (κ2) is 10.2. The van der Waals surface area contributed by atoms with Crippen LogP contribution < -0.4 is 14.8 Å². The van der Waals surface area contributed by atoms with Crippen LogP contribution in [0, 0.1) is 0 Å². The zero-order valence-corrected chi connectivity index (χ0v) is 18.1. The van der Waals surface area contributed by atoms with Crippen molar-refractivity contribution in [2.45, 2.75) is 25.7 Å². The number of para-hydroxylation sites is 1. The number of aromatic amines is 1. The normalized spacial score (nSPS) is 12.0. The summed E-state index contributed by atoms with van der Waals surface area (Å²) in [5, 5.41) is 4.08. The molecule has 0 radical (unpaired) electrons. The minimum absolute atomic E-state index is 0.0205. The first-order chi connectivity index (χ1) is 14.6. The minimum Gasteiger partial charge on any atom is -0.493 e. The SMILES string of the molecule is CCc1cccc2c([C@@H](CC(=O)NCCOC)c3ccc(OC)c(OC)c3)c[nH]c12. The van der Waals surface area contributed by atoms with Crippen LogP contribution >= 0.6 is 0 Å². The maximum Gasteiger partial charge on any atom is 0.221 e. The largest absolute Gasteiger partial charge is 0.493 e. The van der Waals surface area contributed by atoms with E-state index in [0.29, 0.717) is 31.1 Å². The molecular formula is C24H30N2O4. The lowest BCUT2D eigenvalue weighted by Crippen LogP contribution is -2.28. The molecule has 0 fully saturated rings. The van der Waals surface area contributed by atoms with Crippen molar-refractivity contribution in [2.24, 2.45) is 0 Å². The maximum absolute atomic E-state index is 12.7. The molecule has 160 valence electrons. The predicted octanol–water partition coefficient (Wildman–Crippen LogP) is 4.03. The van der Waals surface area contributed by atoms with Crippen LogP contribution in [-0.4, -0.2) is 45.4 Å². The molecule has 0 unspecified atom stereocenters. The first-order valence-electron chi connectivity index (χ1n) is 10.2. The van der Waals surface area contributed by atoms with Crippen molar-refractivity contribution in [1.29, 1.82) is 0 Å². The van der Waals surface area contributed by atoms with Crippen LogP contribution in [0.2, 0.25) is 0 Å². The van der Waals surface area contributed by atoms with Gasteiger partial charge in [-0.2, -0.15) is 0 Å². The van der Waals surface area contributed by atoms with Crippen LogP contribution in [0.5, 0.6) is 11.5 Å². The molecule has 1 amide bonds. The van der Waals surface area contributed by atoms with Gasteiger partial charge in [0, 0.05) is 43.1 Å². The summed E-state index contributed by atoms with van der Waals surface area (Å²) in [6.07, 6.45) is 3.28. The third-order valence-electron chi connectivity index (χ3n) is 5.42. The molecule has 1 aromatic heterocycles. The van der Waals surface area contributed by atoms with Crippen LogP contribution in [0.3, 0.4) is 0 Å². The van der Waals surface area contributed by atoms with Crippen molar-refractivity contribution in [3.05, 3.63) is 59.3 Å². The van der Waals surface area contributed by atoms with Gasteiger partial charge < -0.3 is 24.5 Å². The molecule has 0 aliphatic heterocycles. The molecule has 2 N–H and O–H groups in total. The highest BCUT2D eigenvalue weighted by Gasteiger charge is 2.23. The molecule has 6 heteroatoms. The van der Waals surface area contributed by atoms with Crippen molar-refractivity contribution < 1.29 is 19.0 Å². The number of benzene rings is 2. The summed E-state index contributed by atoms with van der Waals surface area (Å²) in [4.78, 5) is 16.1. The molecule has 1 heterocycles. The molecule has 0 saturated heterocycles. The highest BCUT2D eigenvalue weighted by molar-refractivity contribution is 5.88. The lowest BCUT2D eigenvalue weighted by molar-refractivity contribution is -0.121. The van der Waals surface area contributed by atoms with Crippen LogP contribution in [0.4, 0.5) is 0 Å². The number of amides is 1. The number of nitrogens with one attached hydrogen (secondary N) is 2. The van der Waals surface area contributed by atoms with Crippen LogP contribution in [0.15, 0.2) is 42.6 Å². The Labute approximate surface area is 177 Å². The summed E-state index contributed by atoms with van der Waals surface area (Å²) in [5.74, 6) is 1.16. The van der Waals surface area contributed by atoms with Gasteiger partial charge in [-0.15, -0.1) is 0 Å². The van der Waals surface area contributed by atoms with Gasteiger partial charge in [0.1, 0.15) is 0 Å². The van der Waals surface area contributed by atoms with Gasteiger partial charge in [0.15, 0.2) is 11.5 Å². The summed E-state index contributed by atoms with van der Waals surface area (Å²) >= 11 is 0. The molecule has 2 aromatic carbocycles. The lowest BCUT2D eigenvalue weighted by atomic mass is 9.87. The number of hydrogen-bond acceptors (Lipinski definition) is 4. The van der Waals surface area contributed by atoms with Gasteiger partial charge in [-0.3, -0.25) is 4.79 Å². The summed E-state index contributed by atoms with van der Waals surface area (Å²) < 4.78 is 15.9. The molecule has 0 spiro atoms. The van der Waals surface area contributed by atoms with E-state index in [1.807, 2.05) is 24.4 Å². The first-order valence-corrected chi connectivity index (χ1v) is 10.2. The Morgan fingerprint density at radius 3 is 2.60 bits per heavy atom. The van der Waals surface area contributed by atoms with Crippen molar-refractivity contribution in [1.82, 2.24) is 10.3 Å². The molecule has 30 heavy (non-hydrogen) atoms. The number of carbonyl (C=O) groups excluding carboxylic acids is 1. The highest BCUT2D eigenvalue weighted by Crippen LogP contribution is 2.38. The smallest absolute Gasteiger partial charge is 0.221 e. The molecule has 0 aliphatic rings. The number of carbonyl (C=O) groups is 1. The first kappa shape index (κ1) is 21.7. The summed E-state index contributed by atoms with van der Waals surface area (Å²) in [7, 11) is 4.85. The van der Waals surface area contributed by atoms with E-state index >= 15 is 0 Å². The average molecular weight is 411 g/mol. The Bertz CT molecular complexity index is 996. The summed E-state index contributed by atoms with van der Waals surface area (Å²) in [6.45, 7) is 3.12. The van der Waals surface area contributed by atoms with E-state index in [1.54, 1.807) is 21.3 Å². The fourth-order valence-electron chi connectivity index (χ4n) is 3.85. The quantitative estimate of drug-likeness (QED) is 0.495. The standard InChI is InChI=1S/C24H30N2O4/c1-5-16-7-6-8-18-20(15-26-24(16)18)19(14-23(27)25-11-12-28-2)17-9-10-21(29-3)22(13-17)30-4/h6-10,13,15,19,26H,5,11-12,14H2,1-4H3,(H,25,27)/t19-/m0/s1. The van der Waals surface area contributed by atoms with Gasteiger partial charge in [0.2, 0.25) is 5.91 Å². The van der Waals surface area contributed by atoms with E-state index in [1.165, 1.54) is 5.56 Å². The maximum atomic E-state index is 12.7. The zero-order chi connectivity index (χ0) is 21.5. The number of H-pyrrole nitrogens is 1. The number of aryl methyl sites for hydroxylation is 1. The number of hydrogen-bond donors (Lipinski definition) is 2. The molecule has 0 aliphatic carbocycles. The highest BCUT2D eigenvalue weighted by atomic mass is 16.5. The fraction of sp³-hybridized carbons (Fsp3) is 0.375. The average Bonchev–Trinajstić information content (AvgIpc) is 3.21. The van der Waals surface area contributed by atoms with E-state index < -0.39 is 0 Å². The number of ether oxygens (including phenoxy) is 3. The summed E-state index contributed by atoms with van der Waals surface area (Å²) in [5.41, 5.74) is 4.47. The van der Waals surface area contributed by atoms with E-state index in [4.69, 9.17) is 14.2 Å². The Morgan fingerprint density at radius 1 is 1.10 bits per heavy atom. The van der Waals surface area contributed by atoms with E-state index in [2.05, 4.69) is 35.4 Å². The van der Waals surface area contributed by atoms with Crippen LogP contribution in [0.1, 0.15) is 36.0 Å². The molecule has 0 bridgehead atoms. The van der Waals surface area contributed by atoms with Gasteiger partial charge in [-0.1, -0.05) is 31.2 Å². The third-order valence-corrected chi connectivity index (χ3v) is 5.42. The molecule has 0 saturated carbocycles. The van der Waals surface area contributed by atoms with Gasteiger partial charge >= 0.3 is 0 Å². The topological polar surface area (TPSA) is 72.6 Å². The zero-order valence-electron chi connectivity index (χ0n) is 18.1. The lowest BCUT2D eigenvalue weighted by Gasteiger charge is -2.19. The second-order valence-corrected chi connectivity index (χ2v) is 7.15. The van der Waals surface area contributed by atoms with Gasteiger partial charge in [0.05, 0.1) is 20.8 Å². The number of aromatic nitrogens is 1. The predicted molar refractivity (Wildman–Crippen MR) is 119 cm³/mol. The Morgan fingerprint density at radius 2 is 1.90 bits per heavy atom. The fourth-order valence-corrected chi connectivity index (χ4v) is 3.85. The van der Waals surface area contributed by atoms with Crippen LogP contribution in [0.25, 0.3) is 10.9 Å². The third kappa shape index (κ3) is 4.60. The van der Waals surface area contributed by atoms with Gasteiger partial charge in [-0.25, -0.2) is 0 Å².